The second kappa shape index (κ2) is 5.67. The lowest BCUT2D eigenvalue weighted by Gasteiger charge is -2.27. The van der Waals surface area contributed by atoms with Crippen molar-refractivity contribution in [2.24, 2.45) is 0 Å². The molecule has 1 aromatic heterocycles. The van der Waals surface area contributed by atoms with E-state index in [0.29, 0.717) is 6.54 Å². The first kappa shape index (κ1) is 11.9. The SMILES string of the molecule is C#CCn1cc(CN2CCNCC2)ccc1=O. The van der Waals surface area contributed by atoms with Crippen LogP contribution in [0.3, 0.4) is 0 Å². The fraction of sp³-hybridized carbons (Fsp3) is 0.462. The number of hydrogen-bond acceptors (Lipinski definition) is 3. The molecule has 4 nitrogen and oxygen atoms in total. The highest BCUT2D eigenvalue weighted by Crippen LogP contribution is 2.03. The van der Waals surface area contributed by atoms with Crippen LogP contribution in [0.15, 0.2) is 23.1 Å². The van der Waals surface area contributed by atoms with Gasteiger partial charge in [-0.25, -0.2) is 0 Å². The summed E-state index contributed by atoms with van der Waals surface area (Å²) in [6, 6.07) is 3.48. The van der Waals surface area contributed by atoms with E-state index in [1.54, 1.807) is 10.6 Å². The fourth-order valence-electron chi connectivity index (χ4n) is 2.02. The Bertz CT molecular complexity index is 466. The van der Waals surface area contributed by atoms with Crippen molar-refractivity contribution in [3.05, 3.63) is 34.2 Å². The van der Waals surface area contributed by atoms with E-state index < -0.39 is 0 Å². The standard InChI is InChI=1S/C13H17N3O/c1-2-7-16-11-12(3-4-13(16)17)10-15-8-5-14-6-9-15/h1,3-4,11,14H,5-10H2. The zero-order chi connectivity index (χ0) is 12.1. The maximum absolute atomic E-state index is 11.5. The lowest BCUT2D eigenvalue weighted by molar-refractivity contribution is 0.232. The molecular formula is C13H17N3O. The van der Waals surface area contributed by atoms with Gasteiger partial charge in [0.25, 0.3) is 5.56 Å². The molecule has 0 atom stereocenters. The predicted octanol–water partition coefficient (Wildman–Crippen LogP) is -0.113. The lowest BCUT2D eigenvalue weighted by Crippen LogP contribution is -2.43. The zero-order valence-corrected chi connectivity index (χ0v) is 9.85. The average Bonchev–Trinajstić information content (AvgIpc) is 2.35. The van der Waals surface area contributed by atoms with Crippen LogP contribution in [0.25, 0.3) is 0 Å². The molecule has 0 amide bonds. The van der Waals surface area contributed by atoms with Crippen molar-refractivity contribution < 1.29 is 0 Å². The first-order chi connectivity index (χ1) is 8.29. The summed E-state index contributed by atoms with van der Waals surface area (Å²) in [7, 11) is 0. The molecule has 17 heavy (non-hydrogen) atoms. The lowest BCUT2D eigenvalue weighted by atomic mass is 10.2. The number of terminal acetylenes is 1. The number of nitrogens with one attached hydrogen (secondary N) is 1. The Morgan fingerprint density at radius 3 is 2.82 bits per heavy atom. The van der Waals surface area contributed by atoms with E-state index in [9.17, 15) is 4.79 Å². The predicted molar refractivity (Wildman–Crippen MR) is 67.7 cm³/mol. The molecule has 0 bridgehead atoms. The maximum atomic E-state index is 11.5. The number of aromatic nitrogens is 1. The van der Waals surface area contributed by atoms with Gasteiger partial charge in [0, 0.05) is 45.0 Å². The molecule has 1 saturated heterocycles. The van der Waals surface area contributed by atoms with Crippen molar-refractivity contribution >= 4 is 0 Å². The molecule has 0 unspecified atom stereocenters. The number of hydrogen-bond donors (Lipinski definition) is 1. The van der Waals surface area contributed by atoms with Crippen molar-refractivity contribution in [2.75, 3.05) is 26.2 Å². The van der Waals surface area contributed by atoms with Gasteiger partial charge in [0.15, 0.2) is 0 Å². The molecule has 90 valence electrons. The Morgan fingerprint density at radius 1 is 1.35 bits per heavy atom. The van der Waals surface area contributed by atoms with E-state index in [-0.39, 0.29) is 5.56 Å². The number of pyridine rings is 1. The summed E-state index contributed by atoms with van der Waals surface area (Å²) in [6.45, 7) is 5.39. The first-order valence-corrected chi connectivity index (χ1v) is 5.85. The molecule has 0 saturated carbocycles. The van der Waals surface area contributed by atoms with Gasteiger partial charge in [-0.1, -0.05) is 12.0 Å². The van der Waals surface area contributed by atoms with Crippen LogP contribution < -0.4 is 10.9 Å². The molecule has 1 aliphatic heterocycles. The van der Waals surface area contributed by atoms with E-state index in [1.165, 1.54) is 0 Å². The summed E-state index contributed by atoms with van der Waals surface area (Å²) in [6.07, 6.45) is 7.10. The third-order valence-electron chi connectivity index (χ3n) is 2.92. The molecular weight excluding hydrogens is 214 g/mol. The minimum atomic E-state index is -0.0352. The third kappa shape index (κ3) is 3.19. The van der Waals surface area contributed by atoms with Crippen LogP contribution in [-0.4, -0.2) is 35.6 Å². The van der Waals surface area contributed by atoms with Gasteiger partial charge in [-0.2, -0.15) is 0 Å². The van der Waals surface area contributed by atoms with E-state index in [4.69, 9.17) is 6.42 Å². The second-order valence-electron chi connectivity index (χ2n) is 4.23. The van der Waals surface area contributed by atoms with Crippen molar-refractivity contribution in [1.29, 1.82) is 0 Å². The number of nitrogens with zero attached hydrogens (tertiary/aromatic N) is 2. The Balaban J connectivity index is 2.08. The molecule has 0 aliphatic carbocycles. The molecule has 1 N–H and O–H groups in total. The Hall–Kier alpha value is -1.57. The Morgan fingerprint density at radius 2 is 2.12 bits per heavy atom. The molecule has 2 heterocycles. The van der Waals surface area contributed by atoms with Gasteiger partial charge in [0.1, 0.15) is 0 Å². The van der Waals surface area contributed by atoms with Gasteiger partial charge < -0.3 is 9.88 Å². The topological polar surface area (TPSA) is 37.3 Å². The first-order valence-electron chi connectivity index (χ1n) is 5.85. The number of piperazine rings is 1. The monoisotopic (exact) mass is 231 g/mol. The highest BCUT2D eigenvalue weighted by atomic mass is 16.1. The van der Waals surface area contributed by atoms with Crippen LogP contribution in [0, 0.1) is 12.3 Å². The molecule has 0 spiro atoms. The minimum absolute atomic E-state index is 0.0352. The average molecular weight is 231 g/mol. The molecule has 1 aromatic rings. The van der Waals surface area contributed by atoms with Gasteiger partial charge in [-0.3, -0.25) is 9.69 Å². The van der Waals surface area contributed by atoms with Gasteiger partial charge in [-0.15, -0.1) is 6.42 Å². The van der Waals surface area contributed by atoms with E-state index in [2.05, 4.69) is 16.1 Å². The molecule has 0 radical (unpaired) electrons. The summed E-state index contributed by atoms with van der Waals surface area (Å²) >= 11 is 0. The van der Waals surface area contributed by atoms with Crippen LogP contribution in [0.2, 0.25) is 0 Å². The molecule has 0 aromatic carbocycles. The second-order valence-corrected chi connectivity index (χ2v) is 4.23. The maximum Gasteiger partial charge on any atom is 0.251 e. The Kier molecular flexibility index (Phi) is 3.97. The van der Waals surface area contributed by atoms with Crippen molar-refractivity contribution in [1.82, 2.24) is 14.8 Å². The summed E-state index contributed by atoms with van der Waals surface area (Å²) < 4.78 is 1.58. The van der Waals surface area contributed by atoms with E-state index in [0.717, 1.165) is 38.3 Å². The summed E-state index contributed by atoms with van der Waals surface area (Å²) in [5.41, 5.74) is 1.11. The minimum Gasteiger partial charge on any atom is -0.314 e. The van der Waals surface area contributed by atoms with Crippen molar-refractivity contribution in [3.8, 4) is 12.3 Å². The van der Waals surface area contributed by atoms with Gasteiger partial charge in [-0.05, 0) is 5.56 Å². The highest BCUT2D eigenvalue weighted by molar-refractivity contribution is 5.11. The van der Waals surface area contributed by atoms with Crippen LogP contribution in [-0.2, 0) is 13.1 Å². The number of rotatable bonds is 3. The molecule has 4 heteroatoms. The highest BCUT2D eigenvalue weighted by Gasteiger charge is 2.10. The van der Waals surface area contributed by atoms with Crippen LogP contribution in [0.4, 0.5) is 0 Å². The molecule has 1 fully saturated rings. The largest absolute Gasteiger partial charge is 0.314 e. The van der Waals surface area contributed by atoms with Crippen LogP contribution in [0.1, 0.15) is 5.56 Å². The van der Waals surface area contributed by atoms with Crippen molar-refractivity contribution in [3.63, 3.8) is 0 Å². The fourth-order valence-corrected chi connectivity index (χ4v) is 2.02. The molecule has 1 aliphatic rings. The summed E-state index contributed by atoms with van der Waals surface area (Å²) in [4.78, 5) is 13.9. The quantitative estimate of drug-likeness (QED) is 0.737. The smallest absolute Gasteiger partial charge is 0.251 e. The van der Waals surface area contributed by atoms with Crippen LogP contribution in [0.5, 0.6) is 0 Å². The van der Waals surface area contributed by atoms with Crippen LogP contribution >= 0.6 is 0 Å². The third-order valence-corrected chi connectivity index (χ3v) is 2.92. The van der Waals surface area contributed by atoms with E-state index in [1.807, 2.05) is 12.3 Å². The Labute approximate surface area is 101 Å². The normalized spacial score (nSPS) is 16.6. The summed E-state index contributed by atoms with van der Waals surface area (Å²) in [5.74, 6) is 2.50. The molecule has 2 rings (SSSR count). The zero-order valence-electron chi connectivity index (χ0n) is 9.85. The van der Waals surface area contributed by atoms with Gasteiger partial charge in [0.2, 0.25) is 0 Å². The van der Waals surface area contributed by atoms with E-state index >= 15 is 0 Å². The van der Waals surface area contributed by atoms with Gasteiger partial charge >= 0.3 is 0 Å². The van der Waals surface area contributed by atoms with Gasteiger partial charge in [0.05, 0.1) is 6.54 Å². The van der Waals surface area contributed by atoms with Crippen molar-refractivity contribution in [2.45, 2.75) is 13.1 Å². The summed E-state index contributed by atoms with van der Waals surface area (Å²) in [5, 5.41) is 3.32.